The average Bonchev–Trinajstić information content (AvgIpc) is 2.76. The molecule has 0 saturated carbocycles. The molecule has 1 saturated heterocycles. The molecule has 1 N–H and O–H groups in total. The van der Waals surface area contributed by atoms with Gasteiger partial charge in [-0.3, -0.25) is 4.79 Å². The van der Waals surface area contributed by atoms with Gasteiger partial charge >= 0.3 is 6.18 Å². The van der Waals surface area contributed by atoms with Crippen molar-refractivity contribution in [3.63, 3.8) is 0 Å². The molecule has 36 heavy (non-hydrogen) atoms. The summed E-state index contributed by atoms with van der Waals surface area (Å²) in [5.74, 6) is -1.03. The summed E-state index contributed by atoms with van der Waals surface area (Å²) >= 11 is 3.11. The van der Waals surface area contributed by atoms with Crippen LogP contribution in [0.1, 0.15) is 22.8 Å². The van der Waals surface area contributed by atoms with Crippen LogP contribution in [-0.2, 0) is 6.18 Å². The fourth-order valence-electron chi connectivity index (χ4n) is 3.68. The number of aromatic nitrogens is 1. The number of alkyl halides is 3. The second-order valence-electron chi connectivity index (χ2n) is 9.72. The molecule has 0 aliphatic carbocycles. The topological polar surface area (TPSA) is 57.7 Å². The van der Waals surface area contributed by atoms with Gasteiger partial charge in [0.2, 0.25) is 5.88 Å². The van der Waals surface area contributed by atoms with E-state index in [2.05, 4.69) is 49.9 Å². The van der Waals surface area contributed by atoms with E-state index in [0.29, 0.717) is 31.1 Å². The number of ether oxygens (including phenoxy) is 1. The van der Waals surface area contributed by atoms with E-state index < -0.39 is 39.1 Å². The fourth-order valence-corrected chi connectivity index (χ4v) is 4.61. The van der Waals surface area contributed by atoms with Crippen LogP contribution in [-0.4, -0.2) is 79.6 Å². The van der Waals surface area contributed by atoms with Crippen LogP contribution in [0.5, 0.6) is 5.88 Å². The van der Waals surface area contributed by atoms with Gasteiger partial charge in [-0.2, -0.15) is 13.2 Å². The molecule has 1 amide bonds. The first-order valence-corrected chi connectivity index (χ1v) is 15.1. The van der Waals surface area contributed by atoms with Gasteiger partial charge in [0.25, 0.3) is 5.91 Å². The molecule has 3 rings (SSSR count). The number of benzene rings is 1. The van der Waals surface area contributed by atoms with Gasteiger partial charge in [-0.25, -0.2) is 19.4 Å². The molecular weight excluding hydrogens is 564 g/mol. The second kappa shape index (κ2) is 11.1. The SMILES string of the molecule is C[C@H]1CN(c2cc(F)c(Br)cc2NC(=O)c2cnc(OCCS(C)(C)C)cc2C(F)(F)F)CCN1C. The Morgan fingerprint density at radius 1 is 1.25 bits per heavy atom. The van der Waals surface area contributed by atoms with E-state index in [1.54, 1.807) is 0 Å². The second-order valence-corrected chi connectivity index (χ2v) is 15.2. The summed E-state index contributed by atoms with van der Waals surface area (Å²) in [5, 5.41) is 2.54. The maximum Gasteiger partial charge on any atom is 0.417 e. The summed E-state index contributed by atoms with van der Waals surface area (Å²) in [4.78, 5) is 21.1. The normalized spacial score (nSPS) is 17.7. The molecule has 0 radical (unpaired) electrons. The Kier molecular flexibility index (Phi) is 8.82. The number of halogens is 5. The number of likely N-dealkylation sites (N-methyl/N-ethyl adjacent to an activating group) is 1. The number of nitrogens with zero attached hydrogens (tertiary/aromatic N) is 3. The van der Waals surface area contributed by atoms with Crippen LogP contribution in [0.3, 0.4) is 0 Å². The van der Waals surface area contributed by atoms with Crippen molar-refractivity contribution >= 4 is 43.2 Å². The lowest BCUT2D eigenvalue weighted by atomic mass is 10.1. The molecule has 2 heterocycles. The first-order valence-electron chi connectivity index (χ1n) is 11.3. The molecule has 1 aromatic carbocycles. The van der Waals surface area contributed by atoms with E-state index >= 15 is 0 Å². The lowest BCUT2D eigenvalue weighted by molar-refractivity contribution is -0.138. The maximum absolute atomic E-state index is 14.4. The van der Waals surface area contributed by atoms with Crippen molar-refractivity contribution in [1.82, 2.24) is 9.88 Å². The highest BCUT2D eigenvalue weighted by Gasteiger charge is 2.37. The van der Waals surface area contributed by atoms with Gasteiger partial charge in [-0.1, -0.05) is 0 Å². The third kappa shape index (κ3) is 7.25. The molecule has 1 aliphatic rings. The first kappa shape index (κ1) is 28.5. The number of pyridine rings is 1. The zero-order chi connectivity index (χ0) is 26.8. The minimum absolute atomic E-state index is 0.0858. The third-order valence-electron chi connectivity index (χ3n) is 5.96. The van der Waals surface area contributed by atoms with Crippen molar-refractivity contribution in [2.75, 3.05) is 68.0 Å². The predicted molar refractivity (Wildman–Crippen MR) is 141 cm³/mol. The van der Waals surface area contributed by atoms with Crippen LogP contribution in [0.4, 0.5) is 28.9 Å². The lowest BCUT2D eigenvalue weighted by Crippen LogP contribution is -2.50. The number of carbonyl (C=O) groups excluding carboxylic acids is 1. The summed E-state index contributed by atoms with van der Waals surface area (Å²) in [6.45, 7) is 4.10. The van der Waals surface area contributed by atoms with Crippen LogP contribution in [0, 0.1) is 5.82 Å². The van der Waals surface area contributed by atoms with E-state index in [9.17, 15) is 22.4 Å². The molecule has 0 bridgehead atoms. The Balaban J connectivity index is 1.90. The minimum atomic E-state index is -4.80. The van der Waals surface area contributed by atoms with Gasteiger partial charge in [0.1, 0.15) is 5.82 Å². The number of hydrogen-bond donors (Lipinski definition) is 1. The monoisotopic (exact) mass is 594 g/mol. The van der Waals surface area contributed by atoms with Crippen molar-refractivity contribution in [3.05, 3.63) is 45.8 Å². The third-order valence-corrected chi connectivity index (χ3v) is 7.96. The average molecular weight is 596 g/mol. The Morgan fingerprint density at radius 2 is 1.94 bits per heavy atom. The van der Waals surface area contributed by atoms with E-state index in [1.807, 2.05) is 18.9 Å². The van der Waals surface area contributed by atoms with Gasteiger partial charge < -0.3 is 19.9 Å². The van der Waals surface area contributed by atoms with Crippen molar-refractivity contribution in [2.45, 2.75) is 19.1 Å². The van der Waals surface area contributed by atoms with Crippen molar-refractivity contribution in [1.29, 1.82) is 0 Å². The zero-order valence-corrected chi connectivity index (χ0v) is 23.3. The highest BCUT2D eigenvalue weighted by atomic mass is 79.9. The van der Waals surface area contributed by atoms with Crippen molar-refractivity contribution in [3.8, 4) is 5.88 Å². The fraction of sp³-hybridized carbons (Fsp3) is 0.500. The largest absolute Gasteiger partial charge is 0.477 e. The Labute approximate surface area is 218 Å². The smallest absolute Gasteiger partial charge is 0.417 e. The highest BCUT2D eigenvalue weighted by molar-refractivity contribution is 9.10. The molecular formula is C24H31BrF4N4O2S. The van der Waals surface area contributed by atoms with Crippen LogP contribution in [0.25, 0.3) is 0 Å². The van der Waals surface area contributed by atoms with Gasteiger partial charge in [0, 0.05) is 49.8 Å². The number of anilines is 2. The minimum Gasteiger partial charge on any atom is -0.477 e. The van der Waals surface area contributed by atoms with E-state index in [0.717, 1.165) is 12.3 Å². The van der Waals surface area contributed by atoms with E-state index in [1.165, 1.54) is 12.1 Å². The van der Waals surface area contributed by atoms with Crippen LogP contribution in [0.2, 0.25) is 0 Å². The van der Waals surface area contributed by atoms with Crippen molar-refractivity contribution in [2.24, 2.45) is 0 Å². The molecule has 0 spiro atoms. The summed E-state index contributed by atoms with van der Waals surface area (Å²) < 4.78 is 61.6. The molecule has 1 fully saturated rings. The molecule has 0 unspecified atom stereocenters. The summed E-state index contributed by atoms with van der Waals surface area (Å²) in [5.41, 5.74) is -1.19. The number of amides is 1. The van der Waals surface area contributed by atoms with Gasteiger partial charge in [-0.05, 0) is 54.7 Å². The number of carbonyl (C=O) groups is 1. The Morgan fingerprint density at radius 3 is 2.56 bits per heavy atom. The van der Waals surface area contributed by atoms with Gasteiger partial charge in [0.05, 0.1) is 33.6 Å². The molecule has 2 aromatic rings. The van der Waals surface area contributed by atoms with Crippen LogP contribution < -0.4 is 15.0 Å². The molecule has 1 aromatic heterocycles. The first-order chi connectivity index (χ1) is 16.7. The predicted octanol–water partition coefficient (Wildman–Crippen LogP) is 5.47. The molecule has 1 atom stereocenters. The quantitative estimate of drug-likeness (QED) is 0.431. The number of nitrogens with one attached hydrogen (secondary N) is 1. The maximum atomic E-state index is 14.4. The van der Waals surface area contributed by atoms with E-state index in [4.69, 9.17) is 4.74 Å². The lowest BCUT2D eigenvalue weighted by Gasteiger charge is -2.39. The molecule has 12 heteroatoms. The standard InChI is InChI=1S/C24H31BrF4N4O2S/c1-15-14-33(7-6-32(15)2)21-12-19(26)18(25)11-20(21)31-23(34)16-13-30-22(10-17(16)24(27,28)29)35-8-9-36(3,4)5/h10-13,15H,6-9,14H2,1-5H3,(H,31,34)/t15-/m0/s1. The van der Waals surface area contributed by atoms with Gasteiger partial charge in [0.15, 0.2) is 0 Å². The Bertz CT molecular complexity index is 1110. The molecule has 200 valence electrons. The summed E-state index contributed by atoms with van der Waals surface area (Å²) in [6.07, 6.45) is 2.28. The molecule has 6 nitrogen and oxygen atoms in total. The number of hydrogen-bond acceptors (Lipinski definition) is 5. The highest BCUT2D eigenvalue weighted by Crippen LogP contribution is 2.37. The van der Waals surface area contributed by atoms with Crippen molar-refractivity contribution < 1.29 is 27.1 Å². The zero-order valence-electron chi connectivity index (χ0n) is 20.9. The van der Waals surface area contributed by atoms with Crippen LogP contribution in [0.15, 0.2) is 28.9 Å². The summed E-state index contributed by atoms with van der Waals surface area (Å²) in [7, 11) is 1.09. The van der Waals surface area contributed by atoms with E-state index in [-0.39, 0.29) is 28.7 Å². The van der Waals surface area contributed by atoms with Gasteiger partial charge in [-0.15, -0.1) is 0 Å². The van der Waals surface area contributed by atoms with Crippen LogP contribution >= 0.6 is 26.0 Å². The summed E-state index contributed by atoms with van der Waals surface area (Å²) in [6, 6.07) is 3.55. The number of piperazine rings is 1. The Hall–Kier alpha value is -2.05. The number of rotatable bonds is 7. The molecule has 1 aliphatic heterocycles.